The molecule has 2 heterocycles. The van der Waals surface area contributed by atoms with E-state index in [2.05, 4.69) is 25.3 Å². The molecule has 0 aliphatic carbocycles. The van der Waals surface area contributed by atoms with E-state index >= 15 is 0 Å². The third-order valence-electron chi connectivity index (χ3n) is 4.04. The van der Waals surface area contributed by atoms with Gasteiger partial charge in [0.15, 0.2) is 5.82 Å². The van der Waals surface area contributed by atoms with Crippen LogP contribution in [0, 0.1) is 11.6 Å². The fraction of sp³-hybridized carbons (Fsp3) is 0.111. The van der Waals surface area contributed by atoms with E-state index in [0.29, 0.717) is 23.4 Å². The maximum Gasteiger partial charge on any atom is 0.242 e. The maximum atomic E-state index is 14.1. The van der Waals surface area contributed by atoms with Crippen LogP contribution in [0.4, 0.5) is 26.4 Å². The molecule has 2 aromatic carbocycles. The molecule has 28 heavy (non-hydrogen) atoms. The minimum absolute atomic E-state index is 0.000833. The smallest absolute Gasteiger partial charge is 0.242 e. The average Bonchev–Trinajstić information content (AvgIpc) is 3.04. The summed E-state index contributed by atoms with van der Waals surface area (Å²) < 4.78 is 29.4. The monoisotopic (exact) mass is 401 g/mol. The van der Waals surface area contributed by atoms with Gasteiger partial charge >= 0.3 is 0 Å². The molecule has 0 saturated heterocycles. The highest BCUT2D eigenvalue weighted by Gasteiger charge is 2.17. The third kappa shape index (κ3) is 3.20. The Morgan fingerprint density at radius 1 is 1.07 bits per heavy atom. The van der Waals surface area contributed by atoms with E-state index in [1.54, 1.807) is 22.8 Å². The number of aromatic nitrogens is 5. The Balaban J connectivity index is 1.82. The summed E-state index contributed by atoms with van der Waals surface area (Å²) in [6.07, 6.45) is 0.519. The Kier molecular flexibility index (Phi) is 4.52. The fourth-order valence-corrected chi connectivity index (χ4v) is 2.93. The summed E-state index contributed by atoms with van der Waals surface area (Å²) in [6, 6.07) is 8.82. The van der Waals surface area contributed by atoms with Gasteiger partial charge in [0.1, 0.15) is 17.2 Å². The van der Waals surface area contributed by atoms with Crippen molar-refractivity contribution < 1.29 is 8.78 Å². The van der Waals surface area contributed by atoms with Crippen LogP contribution in [0.1, 0.15) is 12.7 Å². The van der Waals surface area contributed by atoms with Gasteiger partial charge in [0.05, 0.1) is 10.5 Å². The fourth-order valence-electron chi connectivity index (χ4n) is 2.81. The number of nitrogens with zero attached hydrogens (tertiary/aromatic N) is 5. The summed E-state index contributed by atoms with van der Waals surface area (Å²) in [4.78, 5) is 16.9. The van der Waals surface area contributed by atoms with Crippen molar-refractivity contribution in [3.63, 3.8) is 0 Å². The minimum Gasteiger partial charge on any atom is -0.368 e. The van der Waals surface area contributed by atoms with Crippen LogP contribution in [0.2, 0.25) is 5.02 Å². The van der Waals surface area contributed by atoms with Gasteiger partial charge in [-0.2, -0.15) is 15.0 Å². The molecule has 0 amide bonds. The highest BCUT2D eigenvalue weighted by atomic mass is 35.5. The van der Waals surface area contributed by atoms with Gasteiger partial charge in [-0.05, 0) is 30.3 Å². The van der Waals surface area contributed by atoms with E-state index in [0.717, 1.165) is 0 Å². The molecule has 4 rings (SSSR count). The van der Waals surface area contributed by atoms with Crippen LogP contribution in [-0.2, 0) is 6.42 Å². The molecule has 4 aromatic rings. The van der Waals surface area contributed by atoms with E-state index in [4.69, 9.17) is 17.3 Å². The second-order valence-corrected chi connectivity index (χ2v) is 6.30. The zero-order valence-electron chi connectivity index (χ0n) is 14.6. The molecule has 0 aliphatic heterocycles. The third-order valence-corrected chi connectivity index (χ3v) is 4.34. The first-order valence-electron chi connectivity index (χ1n) is 8.36. The van der Waals surface area contributed by atoms with Gasteiger partial charge in [0.2, 0.25) is 17.8 Å². The van der Waals surface area contributed by atoms with E-state index in [1.807, 2.05) is 6.92 Å². The number of imidazole rings is 1. The van der Waals surface area contributed by atoms with Gasteiger partial charge in [-0.25, -0.2) is 13.8 Å². The largest absolute Gasteiger partial charge is 0.368 e. The lowest BCUT2D eigenvalue weighted by Gasteiger charge is -2.10. The van der Waals surface area contributed by atoms with Crippen molar-refractivity contribution in [2.45, 2.75) is 13.3 Å². The van der Waals surface area contributed by atoms with E-state index in [9.17, 15) is 8.78 Å². The number of hydrogen-bond acceptors (Lipinski definition) is 6. The zero-order valence-corrected chi connectivity index (χ0v) is 15.4. The topological polar surface area (TPSA) is 94.5 Å². The molecule has 0 saturated carbocycles. The number of hydrogen-bond donors (Lipinski definition) is 2. The van der Waals surface area contributed by atoms with Crippen molar-refractivity contribution >= 4 is 40.2 Å². The molecule has 7 nitrogen and oxygen atoms in total. The van der Waals surface area contributed by atoms with E-state index in [1.165, 1.54) is 18.2 Å². The van der Waals surface area contributed by atoms with Crippen LogP contribution in [0.5, 0.6) is 0 Å². The van der Waals surface area contributed by atoms with Crippen molar-refractivity contribution in [1.82, 2.24) is 24.5 Å². The summed E-state index contributed by atoms with van der Waals surface area (Å²) in [5.41, 5.74) is 6.94. The number of anilines is 3. The number of nitrogen functional groups attached to an aromatic ring is 1. The highest BCUT2D eigenvalue weighted by molar-refractivity contribution is 6.30. The summed E-state index contributed by atoms with van der Waals surface area (Å²) >= 11 is 5.70. The van der Waals surface area contributed by atoms with E-state index in [-0.39, 0.29) is 28.4 Å². The van der Waals surface area contributed by atoms with Crippen molar-refractivity contribution in [3.8, 4) is 5.95 Å². The molecule has 0 atom stereocenters. The lowest BCUT2D eigenvalue weighted by Crippen LogP contribution is -2.11. The van der Waals surface area contributed by atoms with Crippen molar-refractivity contribution in [3.05, 3.63) is 58.9 Å². The highest BCUT2D eigenvalue weighted by Crippen LogP contribution is 2.24. The number of aryl methyl sites for hydroxylation is 1. The molecule has 3 N–H and O–H groups in total. The molecule has 0 spiro atoms. The maximum absolute atomic E-state index is 14.1. The first kappa shape index (κ1) is 18.1. The number of benzene rings is 2. The summed E-state index contributed by atoms with van der Waals surface area (Å²) in [7, 11) is 0. The van der Waals surface area contributed by atoms with Crippen LogP contribution < -0.4 is 11.1 Å². The standard InChI is InChI=1S/C18H14ClF2N7/c1-2-14-24-15-11(20)4-3-5-13(15)28(14)18-26-16(22)25-17(27-18)23-9-6-7-10(19)12(21)8-9/h3-8H,2H2,1H3,(H3,22,23,25,26,27). The van der Waals surface area contributed by atoms with Crippen LogP contribution in [0.3, 0.4) is 0 Å². The molecule has 0 unspecified atom stereocenters. The number of nitrogens with two attached hydrogens (primary N) is 1. The Hall–Kier alpha value is -3.33. The van der Waals surface area contributed by atoms with Gasteiger partial charge in [-0.15, -0.1) is 0 Å². The molecule has 0 radical (unpaired) electrons. The molecule has 10 heteroatoms. The van der Waals surface area contributed by atoms with Crippen LogP contribution in [0.25, 0.3) is 17.0 Å². The summed E-state index contributed by atoms with van der Waals surface area (Å²) in [5, 5.41) is 2.86. The lowest BCUT2D eigenvalue weighted by atomic mass is 10.3. The first-order valence-corrected chi connectivity index (χ1v) is 8.74. The average molecular weight is 402 g/mol. The van der Waals surface area contributed by atoms with Gasteiger partial charge in [0.25, 0.3) is 0 Å². The van der Waals surface area contributed by atoms with Gasteiger partial charge in [-0.1, -0.05) is 24.6 Å². The molecule has 2 aromatic heterocycles. The number of halogens is 3. The summed E-state index contributed by atoms with van der Waals surface area (Å²) in [6.45, 7) is 1.88. The number of rotatable bonds is 4. The molecule has 0 fully saturated rings. The Bertz CT molecular complexity index is 1190. The first-order chi connectivity index (χ1) is 13.5. The molecule has 0 aliphatic rings. The predicted molar refractivity (Wildman–Crippen MR) is 103 cm³/mol. The van der Waals surface area contributed by atoms with Crippen LogP contribution in [0.15, 0.2) is 36.4 Å². The van der Waals surface area contributed by atoms with Crippen molar-refractivity contribution in [1.29, 1.82) is 0 Å². The Morgan fingerprint density at radius 3 is 2.64 bits per heavy atom. The Morgan fingerprint density at radius 2 is 1.89 bits per heavy atom. The van der Waals surface area contributed by atoms with Gasteiger partial charge in [0, 0.05) is 12.1 Å². The quantitative estimate of drug-likeness (QED) is 0.536. The summed E-state index contributed by atoms with van der Waals surface area (Å²) in [5.74, 6) is -0.239. The molecular formula is C18H14ClF2N7. The second-order valence-electron chi connectivity index (χ2n) is 5.90. The molecule has 0 bridgehead atoms. The lowest BCUT2D eigenvalue weighted by molar-refractivity contribution is 0.629. The SMILES string of the molecule is CCc1nc2c(F)cccc2n1-c1nc(N)nc(Nc2ccc(Cl)c(F)c2)n1. The van der Waals surface area contributed by atoms with Crippen molar-refractivity contribution in [2.24, 2.45) is 0 Å². The normalized spacial score (nSPS) is 11.1. The van der Waals surface area contributed by atoms with Crippen LogP contribution >= 0.6 is 11.6 Å². The molecular weight excluding hydrogens is 388 g/mol. The molecule has 142 valence electrons. The number of para-hydroxylation sites is 1. The second kappa shape index (κ2) is 7.01. The number of nitrogens with one attached hydrogen (secondary N) is 1. The predicted octanol–water partition coefficient (Wildman–Crippen LogP) is 4.03. The van der Waals surface area contributed by atoms with Crippen LogP contribution in [-0.4, -0.2) is 24.5 Å². The minimum atomic E-state index is -0.585. The van der Waals surface area contributed by atoms with E-state index < -0.39 is 11.6 Å². The van der Waals surface area contributed by atoms with Gasteiger partial charge in [-0.3, -0.25) is 4.57 Å². The Labute approximate surface area is 163 Å². The van der Waals surface area contributed by atoms with Gasteiger partial charge < -0.3 is 11.1 Å². The number of fused-ring (bicyclic) bond motifs is 1. The van der Waals surface area contributed by atoms with Crippen molar-refractivity contribution in [2.75, 3.05) is 11.1 Å². The zero-order chi connectivity index (χ0) is 19.8.